The van der Waals surface area contributed by atoms with E-state index in [-0.39, 0.29) is 6.10 Å². The maximum Gasteiger partial charge on any atom is 0.0633 e. The van der Waals surface area contributed by atoms with Crippen LogP contribution in [-0.2, 0) is 0 Å². The largest absolute Gasteiger partial charge is 0.392 e. The molecule has 1 aliphatic rings. The summed E-state index contributed by atoms with van der Waals surface area (Å²) >= 11 is 0. The van der Waals surface area contributed by atoms with Gasteiger partial charge in [-0.2, -0.15) is 0 Å². The maximum absolute atomic E-state index is 9.92. The zero-order chi connectivity index (χ0) is 9.30. The van der Waals surface area contributed by atoms with Crippen molar-refractivity contribution in [1.82, 2.24) is 0 Å². The van der Waals surface area contributed by atoms with Crippen LogP contribution in [0.1, 0.15) is 33.6 Å². The third-order valence-electron chi connectivity index (χ3n) is 3.21. The molecule has 0 heterocycles. The van der Waals surface area contributed by atoms with Crippen molar-refractivity contribution >= 4 is 0 Å². The monoisotopic (exact) mass is 168 g/mol. The van der Waals surface area contributed by atoms with Crippen LogP contribution in [-0.4, -0.2) is 11.2 Å². The van der Waals surface area contributed by atoms with E-state index in [0.717, 1.165) is 12.0 Å². The van der Waals surface area contributed by atoms with Gasteiger partial charge in [-0.1, -0.05) is 26.0 Å². The Hall–Kier alpha value is -0.300. The van der Waals surface area contributed by atoms with Crippen LogP contribution in [0.3, 0.4) is 0 Å². The summed E-state index contributed by atoms with van der Waals surface area (Å²) in [5.74, 6) is 1.38. The van der Waals surface area contributed by atoms with Crippen molar-refractivity contribution in [2.45, 2.75) is 39.7 Å². The molecule has 1 aliphatic carbocycles. The van der Waals surface area contributed by atoms with Gasteiger partial charge in [-0.15, -0.1) is 0 Å². The Morgan fingerprint density at radius 3 is 2.17 bits per heavy atom. The molecule has 0 radical (unpaired) electrons. The first-order valence-electron chi connectivity index (χ1n) is 4.87. The fraction of sp³-hybridized carbons (Fsp3) is 0.818. The molecule has 0 spiro atoms. The van der Waals surface area contributed by atoms with E-state index in [1.807, 2.05) is 6.92 Å². The van der Waals surface area contributed by atoms with Crippen LogP contribution in [0.5, 0.6) is 0 Å². The lowest BCUT2D eigenvalue weighted by Gasteiger charge is -2.38. The van der Waals surface area contributed by atoms with Gasteiger partial charge in [-0.25, -0.2) is 0 Å². The Bertz CT molecular complexity index is 174. The number of rotatable bonds is 1. The SMILES string of the molecule is C=C(C)C1C(C)CCC(C)C1O. The Balaban J connectivity index is 2.71. The van der Waals surface area contributed by atoms with E-state index in [2.05, 4.69) is 20.4 Å². The lowest BCUT2D eigenvalue weighted by atomic mass is 9.71. The van der Waals surface area contributed by atoms with Crippen LogP contribution in [0.15, 0.2) is 12.2 Å². The van der Waals surface area contributed by atoms with Gasteiger partial charge in [-0.3, -0.25) is 0 Å². The highest BCUT2D eigenvalue weighted by Crippen LogP contribution is 2.37. The lowest BCUT2D eigenvalue weighted by Crippen LogP contribution is -2.37. The molecular formula is C11H20O. The van der Waals surface area contributed by atoms with Crippen molar-refractivity contribution in [2.24, 2.45) is 17.8 Å². The van der Waals surface area contributed by atoms with Gasteiger partial charge in [0, 0.05) is 5.92 Å². The average molecular weight is 168 g/mol. The molecule has 12 heavy (non-hydrogen) atoms. The fourth-order valence-corrected chi connectivity index (χ4v) is 2.34. The molecule has 1 saturated carbocycles. The number of aliphatic hydroxyl groups excluding tert-OH is 1. The number of hydrogen-bond acceptors (Lipinski definition) is 1. The van der Waals surface area contributed by atoms with E-state index in [1.54, 1.807) is 0 Å². The van der Waals surface area contributed by atoms with Gasteiger partial charge < -0.3 is 5.11 Å². The molecule has 0 bridgehead atoms. The standard InChI is InChI=1S/C11H20O/c1-7(2)10-8(3)5-6-9(4)11(10)12/h8-12H,1,5-6H2,2-4H3. The summed E-state index contributed by atoms with van der Waals surface area (Å²) < 4.78 is 0. The molecule has 4 unspecified atom stereocenters. The molecule has 1 N–H and O–H groups in total. The lowest BCUT2D eigenvalue weighted by molar-refractivity contribution is 0.0143. The second-order valence-electron chi connectivity index (χ2n) is 4.39. The number of hydrogen-bond donors (Lipinski definition) is 1. The quantitative estimate of drug-likeness (QED) is 0.597. The van der Waals surface area contributed by atoms with Crippen molar-refractivity contribution in [3.8, 4) is 0 Å². The molecule has 0 saturated heterocycles. The molecule has 1 nitrogen and oxygen atoms in total. The first-order valence-corrected chi connectivity index (χ1v) is 4.87. The van der Waals surface area contributed by atoms with E-state index in [9.17, 15) is 5.11 Å². The average Bonchev–Trinajstić information content (AvgIpc) is 1.97. The van der Waals surface area contributed by atoms with Gasteiger partial charge in [0.1, 0.15) is 0 Å². The highest BCUT2D eigenvalue weighted by atomic mass is 16.3. The smallest absolute Gasteiger partial charge is 0.0633 e. The molecule has 1 fully saturated rings. The van der Waals surface area contributed by atoms with E-state index in [0.29, 0.717) is 17.8 Å². The van der Waals surface area contributed by atoms with Gasteiger partial charge in [-0.05, 0) is 31.6 Å². The molecule has 0 aromatic heterocycles. The molecule has 70 valence electrons. The summed E-state index contributed by atoms with van der Waals surface area (Å²) in [6.07, 6.45) is 2.23. The first-order chi connectivity index (χ1) is 5.54. The van der Waals surface area contributed by atoms with Crippen LogP contribution in [0.2, 0.25) is 0 Å². The predicted octanol–water partition coefficient (Wildman–Crippen LogP) is 2.61. The minimum Gasteiger partial charge on any atom is -0.392 e. The summed E-state index contributed by atoms with van der Waals surface area (Å²) in [5, 5.41) is 9.92. The van der Waals surface area contributed by atoms with Crippen molar-refractivity contribution < 1.29 is 5.11 Å². The molecule has 4 atom stereocenters. The highest BCUT2D eigenvalue weighted by Gasteiger charge is 2.34. The molecule has 1 rings (SSSR count). The zero-order valence-electron chi connectivity index (χ0n) is 8.38. The van der Waals surface area contributed by atoms with Crippen LogP contribution in [0.25, 0.3) is 0 Å². The molecule has 1 heteroatoms. The maximum atomic E-state index is 9.92. The summed E-state index contributed by atoms with van der Waals surface area (Å²) in [6, 6.07) is 0. The van der Waals surface area contributed by atoms with Gasteiger partial charge >= 0.3 is 0 Å². The van der Waals surface area contributed by atoms with Crippen LogP contribution >= 0.6 is 0 Å². The predicted molar refractivity (Wildman–Crippen MR) is 51.9 cm³/mol. The first kappa shape index (κ1) is 9.79. The molecule has 0 aromatic carbocycles. The van der Waals surface area contributed by atoms with Crippen molar-refractivity contribution in [2.75, 3.05) is 0 Å². The Kier molecular flexibility index (Phi) is 2.94. The van der Waals surface area contributed by atoms with Gasteiger partial charge in [0.25, 0.3) is 0 Å². The third-order valence-corrected chi connectivity index (χ3v) is 3.21. The van der Waals surface area contributed by atoms with E-state index in [1.165, 1.54) is 6.42 Å². The summed E-state index contributed by atoms with van der Waals surface area (Å²) in [6.45, 7) is 10.3. The Labute approximate surface area is 75.5 Å². The van der Waals surface area contributed by atoms with E-state index >= 15 is 0 Å². The van der Waals surface area contributed by atoms with Crippen LogP contribution in [0, 0.1) is 17.8 Å². The zero-order valence-corrected chi connectivity index (χ0v) is 8.38. The molecule has 0 aliphatic heterocycles. The fourth-order valence-electron chi connectivity index (χ4n) is 2.34. The van der Waals surface area contributed by atoms with Gasteiger partial charge in [0.05, 0.1) is 6.10 Å². The van der Waals surface area contributed by atoms with Gasteiger partial charge in [0.15, 0.2) is 0 Å². The molecule has 0 amide bonds. The highest BCUT2D eigenvalue weighted by molar-refractivity contribution is 5.04. The summed E-state index contributed by atoms with van der Waals surface area (Å²) in [4.78, 5) is 0. The van der Waals surface area contributed by atoms with Crippen LogP contribution < -0.4 is 0 Å². The Morgan fingerprint density at radius 2 is 1.75 bits per heavy atom. The van der Waals surface area contributed by atoms with Crippen molar-refractivity contribution in [3.05, 3.63) is 12.2 Å². The second kappa shape index (κ2) is 3.61. The van der Waals surface area contributed by atoms with Crippen molar-refractivity contribution in [3.63, 3.8) is 0 Å². The topological polar surface area (TPSA) is 20.2 Å². The Morgan fingerprint density at radius 1 is 1.25 bits per heavy atom. The van der Waals surface area contributed by atoms with E-state index in [4.69, 9.17) is 0 Å². The van der Waals surface area contributed by atoms with E-state index < -0.39 is 0 Å². The normalized spacial score (nSPS) is 42.7. The molecule has 0 aromatic rings. The molecular weight excluding hydrogens is 148 g/mol. The summed E-state index contributed by atoms with van der Waals surface area (Å²) in [5.41, 5.74) is 1.14. The van der Waals surface area contributed by atoms with Crippen molar-refractivity contribution in [1.29, 1.82) is 0 Å². The summed E-state index contributed by atoms with van der Waals surface area (Å²) in [7, 11) is 0. The van der Waals surface area contributed by atoms with Crippen LogP contribution in [0.4, 0.5) is 0 Å². The van der Waals surface area contributed by atoms with Gasteiger partial charge in [0.2, 0.25) is 0 Å². The minimum atomic E-state index is -0.161. The number of aliphatic hydroxyl groups is 1. The third kappa shape index (κ3) is 1.71. The minimum absolute atomic E-state index is 0.161. The second-order valence-corrected chi connectivity index (χ2v) is 4.39.